The number of carbonyl (C=O) groups excluding carboxylic acids is 1. The Balaban J connectivity index is 1.36. The Morgan fingerprint density at radius 1 is 0.938 bits per heavy atom. The summed E-state index contributed by atoms with van der Waals surface area (Å²) in [5, 5.41) is 6.04. The minimum absolute atomic E-state index is 0.169. The van der Waals surface area contributed by atoms with Crippen molar-refractivity contribution in [3.8, 4) is 0 Å². The van der Waals surface area contributed by atoms with E-state index in [-0.39, 0.29) is 11.3 Å². The van der Waals surface area contributed by atoms with Crippen molar-refractivity contribution >= 4 is 23.0 Å². The molecule has 3 aromatic carbocycles. The van der Waals surface area contributed by atoms with Gasteiger partial charge in [0.15, 0.2) is 0 Å². The Morgan fingerprint density at radius 2 is 1.56 bits per heavy atom. The van der Waals surface area contributed by atoms with E-state index in [1.165, 1.54) is 5.56 Å². The SMILES string of the molecule is CCc1ccc(NC(=O)c2ccc(CNc3c(N4CCC(C)CC4)c(=O)c3=O)cc2)cc1. The quantitative estimate of drug-likeness (QED) is 0.554. The van der Waals surface area contributed by atoms with Crippen LogP contribution >= 0.6 is 0 Å². The fourth-order valence-electron chi connectivity index (χ4n) is 4.07. The summed E-state index contributed by atoms with van der Waals surface area (Å²) >= 11 is 0. The normalized spacial score (nSPS) is 14.5. The third-order valence-electron chi connectivity index (χ3n) is 6.29. The van der Waals surface area contributed by atoms with E-state index in [2.05, 4.69) is 24.5 Å². The fraction of sp³-hybridized carbons (Fsp3) is 0.346. The molecule has 2 N–H and O–H groups in total. The molecule has 1 aliphatic rings. The number of anilines is 3. The molecule has 0 radical (unpaired) electrons. The molecule has 4 rings (SSSR count). The molecule has 1 heterocycles. The number of piperidine rings is 1. The Bertz CT molecular complexity index is 1150. The molecular weight excluding hydrogens is 402 g/mol. The first-order valence-electron chi connectivity index (χ1n) is 11.3. The highest BCUT2D eigenvalue weighted by atomic mass is 16.2. The van der Waals surface area contributed by atoms with Crippen LogP contribution in [0.15, 0.2) is 58.1 Å². The number of rotatable bonds is 7. The van der Waals surface area contributed by atoms with Gasteiger partial charge >= 0.3 is 0 Å². The predicted octanol–water partition coefficient (Wildman–Crippen LogP) is 3.95. The first kappa shape index (κ1) is 21.8. The maximum Gasteiger partial charge on any atom is 0.255 e. The van der Waals surface area contributed by atoms with E-state index < -0.39 is 5.43 Å². The zero-order valence-corrected chi connectivity index (χ0v) is 18.6. The van der Waals surface area contributed by atoms with E-state index in [1.807, 2.05) is 41.3 Å². The molecule has 0 saturated carbocycles. The van der Waals surface area contributed by atoms with Crippen molar-refractivity contribution in [2.75, 3.05) is 28.6 Å². The highest BCUT2D eigenvalue weighted by Gasteiger charge is 2.28. The van der Waals surface area contributed by atoms with Gasteiger partial charge in [0, 0.05) is 30.9 Å². The van der Waals surface area contributed by atoms with E-state index in [1.54, 1.807) is 12.1 Å². The maximum atomic E-state index is 12.5. The van der Waals surface area contributed by atoms with E-state index in [0.29, 0.717) is 29.4 Å². The van der Waals surface area contributed by atoms with Gasteiger partial charge in [-0.3, -0.25) is 14.4 Å². The highest BCUT2D eigenvalue weighted by Crippen LogP contribution is 2.26. The second kappa shape index (κ2) is 9.39. The summed E-state index contributed by atoms with van der Waals surface area (Å²) in [6, 6.07) is 15.1. The average molecular weight is 432 g/mol. The number of nitrogens with one attached hydrogen (secondary N) is 2. The Morgan fingerprint density at radius 3 is 2.19 bits per heavy atom. The Kier molecular flexibility index (Phi) is 6.40. The molecule has 1 amide bonds. The average Bonchev–Trinajstić information content (AvgIpc) is 2.83. The molecular formula is C26H29N3O3. The molecule has 6 nitrogen and oxygen atoms in total. The number of hydrogen-bond acceptors (Lipinski definition) is 5. The van der Waals surface area contributed by atoms with Gasteiger partial charge in [-0.15, -0.1) is 0 Å². The molecule has 32 heavy (non-hydrogen) atoms. The Hall–Kier alpha value is -3.41. The van der Waals surface area contributed by atoms with E-state index >= 15 is 0 Å². The van der Waals surface area contributed by atoms with Crippen LogP contribution in [-0.2, 0) is 13.0 Å². The van der Waals surface area contributed by atoms with Gasteiger partial charge in [-0.05, 0) is 60.6 Å². The molecule has 0 bridgehead atoms. The van der Waals surface area contributed by atoms with Crippen LogP contribution < -0.4 is 26.4 Å². The topological polar surface area (TPSA) is 78.5 Å². The van der Waals surface area contributed by atoms with Crippen LogP contribution in [0.25, 0.3) is 0 Å². The predicted molar refractivity (Wildman–Crippen MR) is 130 cm³/mol. The second-order valence-electron chi connectivity index (χ2n) is 8.61. The van der Waals surface area contributed by atoms with Gasteiger partial charge in [-0.2, -0.15) is 0 Å². The largest absolute Gasteiger partial charge is 0.376 e. The summed E-state index contributed by atoms with van der Waals surface area (Å²) < 4.78 is 0. The van der Waals surface area contributed by atoms with Gasteiger partial charge in [-0.1, -0.05) is 38.1 Å². The summed E-state index contributed by atoms with van der Waals surface area (Å²) in [5.74, 6) is 0.485. The van der Waals surface area contributed by atoms with Crippen LogP contribution in [0.4, 0.5) is 17.1 Å². The zero-order valence-electron chi connectivity index (χ0n) is 18.6. The van der Waals surface area contributed by atoms with Gasteiger partial charge in [0.1, 0.15) is 11.4 Å². The van der Waals surface area contributed by atoms with Crippen LogP contribution in [0.2, 0.25) is 0 Å². The van der Waals surface area contributed by atoms with Gasteiger partial charge < -0.3 is 15.5 Å². The summed E-state index contributed by atoms with van der Waals surface area (Å²) in [7, 11) is 0. The van der Waals surface area contributed by atoms with Gasteiger partial charge in [0.25, 0.3) is 16.8 Å². The molecule has 1 saturated heterocycles. The molecule has 6 heteroatoms. The number of carbonyl (C=O) groups is 1. The van der Waals surface area contributed by atoms with Crippen molar-refractivity contribution in [2.24, 2.45) is 5.92 Å². The number of hydrogen-bond donors (Lipinski definition) is 2. The first-order chi connectivity index (χ1) is 15.5. The molecule has 0 atom stereocenters. The molecule has 0 aromatic heterocycles. The summed E-state index contributed by atoms with van der Waals surface area (Å²) in [4.78, 5) is 38.8. The van der Waals surface area contributed by atoms with Crippen LogP contribution in [0.1, 0.15) is 48.2 Å². The minimum atomic E-state index is -0.441. The zero-order chi connectivity index (χ0) is 22.7. The fourth-order valence-corrected chi connectivity index (χ4v) is 4.07. The van der Waals surface area contributed by atoms with Crippen molar-refractivity contribution in [3.05, 3.63) is 85.7 Å². The number of amides is 1. The van der Waals surface area contributed by atoms with E-state index in [9.17, 15) is 14.4 Å². The molecule has 0 unspecified atom stereocenters. The first-order valence-corrected chi connectivity index (χ1v) is 11.3. The van der Waals surface area contributed by atoms with Crippen LogP contribution in [-0.4, -0.2) is 19.0 Å². The Labute approximate surface area is 188 Å². The monoisotopic (exact) mass is 431 g/mol. The van der Waals surface area contributed by atoms with Crippen molar-refractivity contribution in [2.45, 2.75) is 39.7 Å². The van der Waals surface area contributed by atoms with Crippen molar-refractivity contribution in [3.63, 3.8) is 0 Å². The smallest absolute Gasteiger partial charge is 0.255 e. The van der Waals surface area contributed by atoms with E-state index in [0.717, 1.165) is 43.6 Å². The third-order valence-corrected chi connectivity index (χ3v) is 6.29. The molecule has 1 fully saturated rings. The minimum Gasteiger partial charge on any atom is -0.376 e. The molecule has 166 valence electrons. The molecule has 0 aliphatic carbocycles. The van der Waals surface area contributed by atoms with Gasteiger partial charge in [0.2, 0.25) is 0 Å². The number of benzene rings is 2. The van der Waals surface area contributed by atoms with Crippen LogP contribution in [0.3, 0.4) is 0 Å². The van der Waals surface area contributed by atoms with Gasteiger partial charge in [0.05, 0.1) is 0 Å². The van der Waals surface area contributed by atoms with E-state index in [4.69, 9.17) is 0 Å². The standard InChI is InChI=1S/C26H29N3O3/c1-3-18-6-10-21(11-7-18)28-26(32)20-8-4-19(5-9-20)16-27-22-23(25(31)24(22)30)29-14-12-17(2)13-15-29/h4-11,17,27H,3,12-16H2,1-2H3,(H,28,32). The van der Waals surface area contributed by atoms with Gasteiger partial charge in [-0.25, -0.2) is 0 Å². The lowest BCUT2D eigenvalue weighted by Crippen LogP contribution is -2.45. The maximum absolute atomic E-state index is 12.5. The number of nitrogens with zero attached hydrogens (tertiary/aromatic N) is 1. The molecule has 3 aromatic rings. The third kappa shape index (κ3) is 4.59. The lowest BCUT2D eigenvalue weighted by molar-refractivity contribution is 0.102. The van der Waals surface area contributed by atoms with Crippen LogP contribution in [0, 0.1) is 5.92 Å². The lowest BCUT2D eigenvalue weighted by Gasteiger charge is -2.33. The number of aryl methyl sites for hydroxylation is 1. The summed E-state index contributed by atoms with van der Waals surface area (Å²) in [6.45, 7) is 6.35. The molecule has 1 aliphatic heterocycles. The summed E-state index contributed by atoms with van der Waals surface area (Å²) in [6.07, 6.45) is 3.02. The second-order valence-corrected chi connectivity index (χ2v) is 8.61. The van der Waals surface area contributed by atoms with Crippen molar-refractivity contribution in [1.82, 2.24) is 0 Å². The summed E-state index contributed by atoms with van der Waals surface area (Å²) in [5.41, 5.74) is 3.60. The molecule has 0 spiro atoms. The van der Waals surface area contributed by atoms with Crippen LogP contribution in [0.5, 0.6) is 0 Å². The lowest BCUT2D eigenvalue weighted by atomic mass is 9.98. The van der Waals surface area contributed by atoms with Crippen molar-refractivity contribution in [1.29, 1.82) is 0 Å². The van der Waals surface area contributed by atoms with Crippen molar-refractivity contribution < 1.29 is 4.79 Å². The highest BCUT2D eigenvalue weighted by molar-refractivity contribution is 6.04.